The van der Waals surface area contributed by atoms with E-state index in [0.29, 0.717) is 13.1 Å². The van der Waals surface area contributed by atoms with Gasteiger partial charge in [-0.15, -0.1) is 0 Å². The number of carbonyl (C=O) groups is 1. The molecule has 4 rings (SSSR count). The third-order valence-corrected chi connectivity index (χ3v) is 7.15. The topological polar surface area (TPSA) is 54.0 Å². The van der Waals surface area contributed by atoms with Gasteiger partial charge in [0.25, 0.3) is 5.91 Å². The number of aryl methyl sites for hydroxylation is 2. The van der Waals surface area contributed by atoms with Crippen LogP contribution in [0.4, 0.5) is 5.69 Å². The number of rotatable bonds is 7. The summed E-state index contributed by atoms with van der Waals surface area (Å²) in [5, 5.41) is 0. The third kappa shape index (κ3) is 5.39. The minimum Gasteiger partial charge on any atom is -0.486 e. The number of ether oxygens (including phenoxy) is 2. The maximum Gasteiger partial charge on any atom is 0.254 e. The number of carbonyl (C=O) groups excluding carboxylic acids is 1. The predicted molar refractivity (Wildman–Crippen MR) is 130 cm³/mol. The monoisotopic (exact) mass is 455 g/mol. The molecule has 2 aromatic carbocycles. The van der Waals surface area contributed by atoms with Gasteiger partial charge in [0.15, 0.2) is 0 Å². The summed E-state index contributed by atoms with van der Waals surface area (Å²) < 4.78 is 17.8. The van der Waals surface area contributed by atoms with E-state index in [1.165, 1.54) is 6.42 Å². The van der Waals surface area contributed by atoms with Gasteiger partial charge in [-0.1, -0.05) is 30.7 Å². The van der Waals surface area contributed by atoms with Crippen molar-refractivity contribution in [3.05, 3.63) is 59.2 Å². The molecule has 3 unspecified atom stereocenters. The van der Waals surface area contributed by atoms with Gasteiger partial charge < -0.3 is 19.1 Å². The summed E-state index contributed by atoms with van der Waals surface area (Å²) in [4.78, 5) is 15.0. The van der Waals surface area contributed by atoms with Gasteiger partial charge in [-0.2, -0.15) is 0 Å². The summed E-state index contributed by atoms with van der Waals surface area (Å²) in [5.74, 6) is 1.56. The molecule has 0 aromatic heterocycles. The first kappa shape index (κ1) is 23.0. The van der Waals surface area contributed by atoms with Crippen LogP contribution < -0.4 is 9.46 Å². The molecule has 1 N–H and O–H groups in total. The molecule has 32 heavy (non-hydrogen) atoms. The Balaban J connectivity index is 1.39. The zero-order chi connectivity index (χ0) is 22.7. The molecule has 172 valence electrons. The van der Waals surface area contributed by atoms with Crippen molar-refractivity contribution in [1.29, 1.82) is 0 Å². The molecule has 2 heterocycles. The number of nitrogens with one attached hydrogen (secondary N) is 1. The highest BCUT2D eigenvalue weighted by Gasteiger charge is 2.37. The number of benzene rings is 2. The Labute approximate surface area is 195 Å². The Morgan fingerprint density at radius 3 is 2.66 bits per heavy atom. The van der Waals surface area contributed by atoms with Crippen molar-refractivity contribution < 1.29 is 14.3 Å². The number of amides is 1. The normalized spacial score (nSPS) is 23.5. The minimum absolute atomic E-state index is 0.0333. The smallest absolute Gasteiger partial charge is 0.254 e. The van der Waals surface area contributed by atoms with E-state index in [9.17, 15) is 4.79 Å². The van der Waals surface area contributed by atoms with Crippen molar-refractivity contribution in [3.8, 4) is 5.75 Å². The van der Waals surface area contributed by atoms with Gasteiger partial charge >= 0.3 is 0 Å². The summed E-state index contributed by atoms with van der Waals surface area (Å²) >= 11 is 1.65. The zero-order valence-corrected chi connectivity index (χ0v) is 20.2. The van der Waals surface area contributed by atoms with Crippen molar-refractivity contribution in [2.75, 3.05) is 38.0 Å². The average Bonchev–Trinajstić information content (AvgIpc) is 3.39. The van der Waals surface area contributed by atoms with Gasteiger partial charge in [0.05, 0.1) is 13.1 Å². The van der Waals surface area contributed by atoms with Crippen LogP contribution in [0.15, 0.2) is 42.5 Å². The van der Waals surface area contributed by atoms with E-state index >= 15 is 0 Å². The summed E-state index contributed by atoms with van der Waals surface area (Å²) in [7, 11) is 1.68. The molecule has 2 fully saturated rings. The third-order valence-electron chi connectivity index (χ3n) is 6.23. The van der Waals surface area contributed by atoms with Crippen molar-refractivity contribution in [1.82, 2.24) is 9.21 Å². The maximum atomic E-state index is 13.2. The van der Waals surface area contributed by atoms with Crippen LogP contribution >= 0.6 is 12.1 Å². The summed E-state index contributed by atoms with van der Waals surface area (Å²) in [5.41, 5.74) is 3.82. The fourth-order valence-corrected chi connectivity index (χ4v) is 5.18. The first-order valence-corrected chi connectivity index (χ1v) is 12.0. The second-order valence-corrected chi connectivity index (χ2v) is 9.87. The first-order chi connectivity index (χ1) is 15.4. The molecule has 0 radical (unpaired) electrons. The first-order valence-electron chi connectivity index (χ1n) is 11.3. The predicted octanol–water partition coefficient (Wildman–Crippen LogP) is 4.54. The summed E-state index contributed by atoms with van der Waals surface area (Å²) in [6.07, 6.45) is 0.868. The van der Waals surface area contributed by atoms with Gasteiger partial charge in [-0.3, -0.25) is 4.79 Å². The van der Waals surface area contributed by atoms with Crippen molar-refractivity contribution in [3.63, 3.8) is 0 Å². The SMILES string of the molecule is COC1CN(C(=O)c2cc(C)ccc2C)CC1Oc1cccc(NSN2CCC(C)C2)c1. The van der Waals surface area contributed by atoms with E-state index in [1.54, 1.807) is 19.2 Å². The Morgan fingerprint density at radius 1 is 1.09 bits per heavy atom. The van der Waals surface area contributed by atoms with E-state index in [0.717, 1.165) is 47.1 Å². The number of hydrogen-bond acceptors (Lipinski definition) is 6. The van der Waals surface area contributed by atoms with E-state index in [4.69, 9.17) is 9.47 Å². The van der Waals surface area contributed by atoms with Crippen LogP contribution in [0.2, 0.25) is 0 Å². The Morgan fingerprint density at radius 2 is 1.91 bits per heavy atom. The lowest BCUT2D eigenvalue weighted by Crippen LogP contribution is -2.32. The number of likely N-dealkylation sites (tertiary alicyclic amines) is 1. The highest BCUT2D eigenvalue weighted by Crippen LogP contribution is 2.28. The van der Waals surface area contributed by atoms with Crippen molar-refractivity contribution >= 4 is 23.7 Å². The molecule has 3 atom stereocenters. The van der Waals surface area contributed by atoms with Gasteiger partial charge in [0.1, 0.15) is 18.0 Å². The molecular formula is C25H33N3O3S. The molecule has 2 aromatic rings. The van der Waals surface area contributed by atoms with Crippen LogP contribution in [0.5, 0.6) is 5.75 Å². The molecule has 0 spiro atoms. The van der Waals surface area contributed by atoms with E-state index < -0.39 is 0 Å². The maximum absolute atomic E-state index is 13.2. The van der Waals surface area contributed by atoms with Crippen LogP contribution in [-0.2, 0) is 4.74 Å². The highest BCUT2D eigenvalue weighted by atomic mass is 32.2. The van der Waals surface area contributed by atoms with E-state index in [-0.39, 0.29) is 18.1 Å². The second kappa shape index (κ2) is 10.1. The van der Waals surface area contributed by atoms with Gasteiger partial charge in [-0.25, -0.2) is 4.31 Å². The quantitative estimate of drug-likeness (QED) is 0.619. The van der Waals surface area contributed by atoms with Crippen LogP contribution in [0, 0.1) is 19.8 Å². The highest BCUT2D eigenvalue weighted by molar-refractivity contribution is 7.98. The molecule has 1 amide bonds. The van der Waals surface area contributed by atoms with Crippen molar-refractivity contribution in [2.45, 2.75) is 39.4 Å². The minimum atomic E-state index is -0.212. The van der Waals surface area contributed by atoms with E-state index in [2.05, 4.69) is 16.0 Å². The van der Waals surface area contributed by atoms with Crippen LogP contribution in [0.3, 0.4) is 0 Å². The zero-order valence-electron chi connectivity index (χ0n) is 19.3. The molecule has 0 saturated carbocycles. The van der Waals surface area contributed by atoms with Crippen LogP contribution in [-0.4, -0.2) is 60.6 Å². The molecule has 2 aliphatic rings. The molecule has 7 heteroatoms. The van der Waals surface area contributed by atoms with E-state index in [1.807, 2.05) is 61.2 Å². The molecule has 0 aliphatic carbocycles. The lowest BCUT2D eigenvalue weighted by Gasteiger charge is -2.20. The van der Waals surface area contributed by atoms with Crippen LogP contribution in [0.25, 0.3) is 0 Å². The fraction of sp³-hybridized carbons (Fsp3) is 0.480. The molecular weight excluding hydrogens is 422 g/mol. The van der Waals surface area contributed by atoms with Crippen molar-refractivity contribution in [2.24, 2.45) is 5.92 Å². The molecule has 2 saturated heterocycles. The number of anilines is 1. The number of hydrogen-bond donors (Lipinski definition) is 1. The molecule has 0 bridgehead atoms. The summed E-state index contributed by atoms with van der Waals surface area (Å²) in [6.45, 7) is 9.51. The lowest BCUT2D eigenvalue weighted by molar-refractivity contribution is 0.0340. The largest absolute Gasteiger partial charge is 0.486 e. The number of nitrogens with zero attached hydrogens (tertiary/aromatic N) is 2. The fourth-order valence-electron chi connectivity index (χ4n) is 4.29. The molecule has 6 nitrogen and oxygen atoms in total. The Hall–Kier alpha value is -2.22. The standard InChI is InChI=1S/C25H33N3O3S/c1-17-8-9-19(3)22(12-17)25(29)27-15-23(30-4)24(16-27)31-21-7-5-6-20(13-21)26-32-28-11-10-18(2)14-28/h5-9,12-13,18,23-24,26H,10-11,14-16H2,1-4H3. The summed E-state index contributed by atoms with van der Waals surface area (Å²) in [6, 6.07) is 14.0. The van der Waals surface area contributed by atoms with Gasteiger partial charge in [-0.05, 0) is 49.9 Å². The van der Waals surface area contributed by atoms with Crippen LogP contribution in [0.1, 0.15) is 34.8 Å². The van der Waals surface area contributed by atoms with Gasteiger partial charge in [0, 0.05) is 49.7 Å². The number of methoxy groups -OCH3 is 1. The second-order valence-electron chi connectivity index (χ2n) is 8.96. The van der Waals surface area contributed by atoms with Gasteiger partial charge in [0.2, 0.25) is 0 Å². The Bertz CT molecular complexity index is 954. The lowest BCUT2D eigenvalue weighted by atomic mass is 10.0. The average molecular weight is 456 g/mol. The molecule has 2 aliphatic heterocycles. The Kier molecular flexibility index (Phi) is 7.28.